The van der Waals surface area contributed by atoms with Gasteiger partial charge in [0, 0.05) is 16.9 Å². The van der Waals surface area contributed by atoms with Gasteiger partial charge in [0.25, 0.3) is 0 Å². The van der Waals surface area contributed by atoms with Gasteiger partial charge >= 0.3 is 10.2 Å². The predicted octanol–water partition coefficient (Wildman–Crippen LogP) is -2.13. The second-order valence-corrected chi connectivity index (χ2v) is 8.53. The number of nitrogens with one attached hydrogen (secondary N) is 2. The quantitative estimate of drug-likeness (QED) is 0.143. The first kappa shape index (κ1) is 21.4. The summed E-state index contributed by atoms with van der Waals surface area (Å²) in [5.41, 5.74) is 11.4. The highest BCUT2D eigenvalue weighted by molar-refractivity contribution is 7.98. The van der Waals surface area contributed by atoms with Gasteiger partial charge < -0.3 is 21.7 Å². The number of aliphatic imine (C=N–C) groups is 3. The van der Waals surface area contributed by atoms with Crippen molar-refractivity contribution in [2.45, 2.75) is 11.9 Å². The van der Waals surface area contributed by atoms with E-state index in [1.54, 1.807) is 11.8 Å². The monoisotopic (exact) mass is 436 g/mol. The van der Waals surface area contributed by atoms with Gasteiger partial charge in [-0.15, -0.1) is 11.3 Å². The maximum Gasteiger partial charge on any atom is 0.324 e. The minimum atomic E-state index is -3.75. The number of thioether (sulfide) groups is 1. The van der Waals surface area contributed by atoms with Crippen molar-refractivity contribution in [3.05, 3.63) is 11.1 Å². The first-order valence-corrected chi connectivity index (χ1v) is 11.1. The maximum absolute atomic E-state index is 11.6. The lowest BCUT2D eigenvalue weighted by Gasteiger charge is -2.03. The predicted molar refractivity (Wildman–Crippen MR) is 107 cm³/mol. The van der Waals surface area contributed by atoms with Crippen LogP contribution in [0.25, 0.3) is 0 Å². The van der Waals surface area contributed by atoms with Crippen LogP contribution in [0.15, 0.2) is 20.4 Å². The van der Waals surface area contributed by atoms with Crippen molar-refractivity contribution in [3.63, 3.8) is 0 Å². The third kappa shape index (κ3) is 7.30. The number of nitrogens with two attached hydrogens (primary N) is 2. The molecule has 0 saturated carbocycles. The van der Waals surface area contributed by atoms with Gasteiger partial charge in [-0.2, -0.15) is 25.2 Å². The number of hydrogen-bond acceptors (Lipinski definition) is 10. The molecule has 0 bridgehead atoms. The van der Waals surface area contributed by atoms with Crippen LogP contribution in [0.3, 0.4) is 0 Å². The number of amidine groups is 2. The van der Waals surface area contributed by atoms with Crippen LogP contribution in [0.2, 0.25) is 0 Å². The lowest BCUT2D eigenvalue weighted by Crippen LogP contribution is -2.26. The molecule has 2 heterocycles. The summed E-state index contributed by atoms with van der Waals surface area (Å²) in [4.78, 5) is 16.2. The van der Waals surface area contributed by atoms with Gasteiger partial charge in [0.1, 0.15) is 0 Å². The lowest BCUT2D eigenvalue weighted by molar-refractivity contribution is 0.102. The van der Waals surface area contributed by atoms with Gasteiger partial charge in [-0.25, -0.2) is 14.4 Å². The fraction of sp³-hybridized carbons (Fsp3) is 0.500. The number of guanidine groups is 1. The summed E-state index contributed by atoms with van der Waals surface area (Å²) in [6, 6.07) is 0. The Balaban J connectivity index is 1.84. The second kappa shape index (κ2) is 9.84. The van der Waals surface area contributed by atoms with Crippen LogP contribution in [0.5, 0.6) is 0 Å². The van der Waals surface area contributed by atoms with Crippen molar-refractivity contribution >= 4 is 56.1 Å². The Morgan fingerprint density at radius 2 is 2.04 bits per heavy atom. The number of rotatable bonds is 9. The molecular weight excluding hydrogens is 416 g/mol. The van der Waals surface area contributed by atoms with E-state index in [0.29, 0.717) is 23.2 Å². The number of aliphatic hydroxyl groups excluding tert-OH is 2. The van der Waals surface area contributed by atoms with Crippen molar-refractivity contribution in [3.8, 4) is 0 Å². The summed E-state index contributed by atoms with van der Waals surface area (Å²) in [7, 11) is -3.75. The number of aliphatic hydroxyl groups is 2. The minimum absolute atomic E-state index is 0.00822. The fourth-order valence-corrected chi connectivity index (χ4v) is 4.18. The van der Waals surface area contributed by atoms with Gasteiger partial charge in [0.05, 0.1) is 31.5 Å². The zero-order chi connectivity index (χ0) is 19.9. The number of aromatic nitrogens is 1. The third-order valence-electron chi connectivity index (χ3n) is 2.88. The van der Waals surface area contributed by atoms with E-state index in [0.717, 1.165) is 5.69 Å². The number of thiazole rings is 1. The first-order valence-electron chi connectivity index (χ1n) is 7.59. The molecule has 1 aromatic heterocycles. The van der Waals surface area contributed by atoms with Crippen LogP contribution in [0.4, 0.5) is 5.13 Å². The zero-order valence-electron chi connectivity index (χ0n) is 14.1. The molecule has 1 aliphatic rings. The molecule has 0 aliphatic carbocycles. The number of hydrogen-bond donors (Lipinski definition) is 6. The summed E-state index contributed by atoms with van der Waals surface area (Å²) >= 11 is 2.89. The van der Waals surface area contributed by atoms with Crippen molar-refractivity contribution in [2.75, 3.05) is 25.4 Å². The van der Waals surface area contributed by atoms with E-state index in [-0.39, 0.29) is 24.2 Å². The van der Waals surface area contributed by atoms with Crippen LogP contribution >= 0.6 is 23.1 Å². The van der Waals surface area contributed by atoms with E-state index >= 15 is 0 Å². The normalized spacial score (nSPS) is 19.6. The molecule has 8 N–H and O–H groups in total. The Morgan fingerprint density at radius 3 is 2.70 bits per heavy atom. The fourth-order valence-electron chi connectivity index (χ4n) is 1.77. The van der Waals surface area contributed by atoms with Crippen molar-refractivity contribution in [1.29, 1.82) is 0 Å². The summed E-state index contributed by atoms with van der Waals surface area (Å²) in [6.45, 7) is -0.274. The molecule has 1 aliphatic heterocycles. The van der Waals surface area contributed by atoms with E-state index in [1.165, 1.54) is 11.3 Å². The van der Waals surface area contributed by atoms with Crippen molar-refractivity contribution in [2.24, 2.45) is 26.4 Å². The van der Waals surface area contributed by atoms with E-state index in [1.807, 2.05) is 5.38 Å². The van der Waals surface area contributed by atoms with Crippen LogP contribution < -0.4 is 20.9 Å². The molecule has 15 heteroatoms. The highest BCUT2D eigenvalue weighted by Crippen LogP contribution is 2.21. The summed E-state index contributed by atoms with van der Waals surface area (Å²) in [6.07, 6.45) is -1.07. The molecule has 0 amide bonds. The molecular formula is C12H20N8O4S3. The Kier molecular flexibility index (Phi) is 7.78. The molecule has 1 atom stereocenters. The molecule has 0 aromatic carbocycles. The van der Waals surface area contributed by atoms with Crippen LogP contribution in [0.1, 0.15) is 5.69 Å². The highest BCUT2D eigenvalue weighted by Gasteiger charge is 2.28. The molecule has 12 nitrogen and oxygen atoms in total. The van der Waals surface area contributed by atoms with Gasteiger partial charge in [0.15, 0.2) is 17.6 Å². The van der Waals surface area contributed by atoms with Crippen LogP contribution in [-0.4, -0.2) is 72.8 Å². The zero-order valence-corrected chi connectivity index (χ0v) is 16.5. The average Bonchev–Trinajstić information content (AvgIpc) is 3.15. The molecule has 1 fully saturated rings. The second-order valence-electron chi connectivity index (χ2n) is 5.17. The number of nitrogens with zero attached hydrogens (tertiary/aromatic N) is 4. The Labute approximate surface area is 164 Å². The van der Waals surface area contributed by atoms with Gasteiger partial charge in [-0.3, -0.25) is 9.98 Å². The molecule has 150 valence electrons. The Hall–Kier alpha value is -1.94. The molecule has 27 heavy (non-hydrogen) atoms. The summed E-state index contributed by atoms with van der Waals surface area (Å²) in [5, 5.41) is 20.4. The Bertz CT molecular complexity index is 831. The lowest BCUT2D eigenvalue weighted by atomic mass is 10.4. The Morgan fingerprint density at radius 1 is 1.33 bits per heavy atom. The molecule has 0 spiro atoms. The minimum Gasteiger partial charge on any atom is -0.394 e. The molecule has 1 aromatic rings. The van der Waals surface area contributed by atoms with E-state index in [4.69, 9.17) is 16.6 Å². The molecule has 0 radical (unpaired) electrons. The topological polar surface area (TPSA) is 201 Å². The summed E-state index contributed by atoms with van der Waals surface area (Å²) in [5.74, 6) is 1.29. The standard InChI is InChI=1S/C12H20N8O4S3/c13-11(14)18-12-17-7(6-26-12)5-25-2-1-15-9-10(16-3-8(22)4-21)20-27(23,24)19-9/h6,8,21-22H,1-5H2,(H,15,19)(H,16,20)(H4,13,14,17,18). The SMILES string of the molecule is NC(N)=Nc1nc(CSCCN=C2NS(=O)(=O)NC2=NCC(O)CO)cs1. The van der Waals surface area contributed by atoms with Crippen molar-refractivity contribution in [1.82, 2.24) is 14.4 Å². The largest absolute Gasteiger partial charge is 0.394 e. The molecule has 1 unspecified atom stereocenters. The van der Waals surface area contributed by atoms with Crippen molar-refractivity contribution < 1.29 is 18.6 Å². The summed E-state index contributed by atoms with van der Waals surface area (Å²) < 4.78 is 27.6. The molecule has 1 saturated heterocycles. The first-order chi connectivity index (χ1) is 12.8. The third-order valence-corrected chi connectivity index (χ3v) is 5.56. The van der Waals surface area contributed by atoms with E-state index < -0.39 is 22.9 Å². The van der Waals surface area contributed by atoms with Crippen LogP contribution in [-0.2, 0) is 16.0 Å². The smallest absolute Gasteiger partial charge is 0.324 e. The van der Waals surface area contributed by atoms with E-state index in [9.17, 15) is 13.5 Å². The van der Waals surface area contributed by atoms with Gasteiger partial charge in [-0.05, 0) is 0 Å². The van der Waals surface area contributed by atoms with E-state index in [2.05, 4.69) is 29.4 Å². The van der Waals surface area contributed by atoms with Gasteiger partial charge in [0.2, 0.25) is 5.13 Å². The molecule has 2 rings (SSSR count). The van der Waals surface area contributed by atoms with Gasteiger partial charge in [-0.1, -0.05) is 0 Å². The van der Waals surface area contributed by atoms with Crippen LogP contribution in [0, 0.1) is 0 Å². The average molecular weight is 437 g/mol. The highest BCUT2D eigenvalue weighted by atomic mass is 32.2. The maximum atomic E-state index is 11.6.